The van der Waals surface area contributed by atoms with Crippen molar-refractivity contribution in [1.29, 1.82) is 0 Å². The Hall–Kier alpha value is -4.75. The number of aryl methyl sites for hydroxylation is 2. The van der Waals surface area contributed by atoms with Gasteiger partial charge >= 0.3 is 6.09 Å². The summed E-state index contributed by atoms with van der Waals surface area (Å²) in [6.07, 6.45) is 3.47. The molecule has 0 fully saturated rings. The van der Waals surface area contributed by atoms with E-state index in [1.54, 1.807) is 22.0 Å². The van der Waals surface area contributed by atoms with E-state index in [4.69, 9.17) is 14.2 Å². The van der Waals surface area contributed by atoms with Crippen LogP contribution in [0.2, 0.25) is 0 Å². The van der Waals surface area contributed by atoms with Gasteiger partial charge < -0.3 is 34.3 Å². The molecule has 0 bridgehead atoms. The summed E-state index contributed by atoms with van der Waals surface area (Å²) in [5.74, 6) is 0.336. The highest BCUT2D eigenvalue weighted by Gasteiger charge is 2.28. The summed E-state index contributed by atoms with van der Waals surface area (Å²) in [5, 5.41) is 5.99. The van der Waals surface area contributed by atoms with Gasteiger partial charge in [-0.05, 0) is 69.5 Å². The van der Waals surface area contributed by atoms with Gasteiger partial charge in [0.15, 0.2) is 5.01 Å². The predicted molar refractivity (Wildman–Crippen MR) is 179 cm³/mol. The summed E-state index contributed by atoms with van der Waals surface area (Å²) in [6.45, 7) is 9.67. The fourth-order valence-corrected chi connectivity index (χ4v) is 5.94. The monoisotopic (exact) mass is 660 g/mol. The number of benzene rings is 2. The number of thiazole rings is 1. The van der Waals surface area contributed by atoms with Gasteiger partial charge in [-0.15, -0.1) is 11.3 Å². The largest absolute Gasteiger partial charge is 0.491 e. The maximum atomic E-state index is 13.1. The molecule has 3 amide bonds. The number of ether oxygens (including phenoxy) is 3. The van der Waals surface area contributed by atoms with Crippen molar-refractivity contribution in [3.8, 4) is 17.0 Å². The molecule has 0 saturated heterocycles. The first-order chi connectivity index (χ1) is 22.5. The van der Waals surface area contributed by atoms with Crippen LogP contribution in [0.1, 0.15) is 57.1 Å². The number of carbonyl (C=O) groups is 3. The van der Waals surface area contributed by atoms with Crippen LogP contribution in [0.3, 0.4) is 0 Å². The van der Waals surface area contributed by atoms with Gasteiger partial charge in [-0.25, -0.2) is 14.8 Å². The van der Waals surface area contributed by atoms with E-state index in [-0.39, 0.29) is 11.8 Å². The zero-order valence-corrected chi connectivity index (χ0v) is 28.1. The first-order valence-electron chi connectivity index (χ1n) is 15.4. The van der Waals surface area contributed by atoms with Crippen LogP contribution < -0.4 is 20.3 Å². The molecular formula is C34H40N6O6S. The lowest BCUT2D eigenvalue weighted by Crippen LogP contribution is -2.34. The Kier molecular flexibility index (Phi) is 10.6. The lowest BCUT2D eigenvalue weighted by atomic mass is 10.1. The second-order valence-corrected chi connectivity index (χ2v) is 13.3. The van der Waals surface area contributed by atoms with Gasteiger partial charge in [0.1, 0.15) is 23.7 Å². The van der Waals surface area contributed by atoms with E-state index in [1.165, 1.54) is 11.3 Å². The van der Waals surface area contributed by atoms with Crippen molar-refractivity contribution in [1.82, 2.24) is 25.2 Å². The number of nitrogens with zero attached hydrogens (tertiary/aromatic N) is 4. The van der Waals surface area contributed by atoms with Crippen LogP contribution in [-0.2, 0) is 29.5 Å². The lowest BCUT2D eigenvalue weighted by Gasteiger charge is -2.19. The van der Waals surface area contributed by atoms with E-state index in [1.807, 2.05) is 71.1 Å². The Bertz CT molecular complexity index is 1740. The Labute approximate surface area is 278 Å². The number of hydrogen-bond acceptors (Lipinski definition) is 9. The van der Waals surface area contributed by atoms with Crippen molar-refractivity contribution in [2.45, 2.75) is 46.3 Å². The van der Waals surface area contributed by atoms with Crippen molar-refractivity contribution < 1.29 is 28.6 Å². The third-order valence-electron chi connectivity index (χ3n) is 7.28. The lowest BCUT2D eigenvalue weighted by molar-refractivity contribution is 0.0488. The molecule has 0 radical (unpaired) electrons. The molecule has 1 aliphatic heterocycles. The average molecular weight is 661 g/mol. The molecule has 5 rings (SSSR count). The highest BCUT2D eigenvalue weighted by Crippen LogP contribution is 2.35. The third-order valence-corrected chi connectivity index (χ3v) is 8.25. The smallest absolute Gasteiger partial charge is 0.407 e. The van der Waals surface area contributed by atoms with Crippen LogP contribution >= 0.6 is 11.3 Å². The molecule has 2 aromatic carbocycles. The number of imidazole rings is 1. The third kappa shape index (κ3) is 8.74. The molecular weight excluding hydrogens is 620 g/mol. The molecule has 2 N–H and O–H groups in total. The fraction of sp³-hybridized carbons (Fsp3) is 0.382. The van der Waals surface area contributed by atoms with E-state index in [2.05, 4.69) is 26.7 Å². The Morgan fingerprint density at radius 3 is 2.64 bits per heavy atom. The van der Waals surface area contributed by atoms with Gasteiger partial charge in [0.2, 0.25) is 0 Å². The number of amides is 3. The first kappa shape index (κ1) is 33.6. The highest BCUT2D eigenvalue weighted by atomic mass is 32.1. The zero-order valence-electron chi connectivity index (χ0n) is 27.3. The maximum absolute atomic E-state index is 13.1. The molecule has 3 heterocycles. The van der Waals surface area contributed by atoms with Crippen molar-refractivity contribution in [2.75, 3.05) is 37.8 Å². The van der Waals surface area contributed by atoms with Crippen LogP contribution in [0.15, 0.2) is 55.0 Å². The zero-order chi connectivity index (χ0) is 33.6. The van der Waals surface area contributed by atoms with E-state index < -0.39 is 11.7 Å². The average Bonchev–Trinajstić information content (AvgIpc) is 3.76. The van der Waals surface area contributed by atoms with Crippen LogP contribution in [-0.4, -0.2) is 71.0 Å². The summed E-state index contributed by atoms with van der Waals surface area (Å²) < 4.78 is 18.2. The second kappa shape index (κ2) is 14.8. The molecule has 13 heteroatoms. The molecule has 1 aliphatic rings. The summed E-state index contributed by atoms with van der Waals surface area (Å²) in [6, 6.07) is 13.5. The first-order valence-corrected chi connectivity index (χ1v) is 16.2. The van der Waals surface area contributed by atoms with Gasteiger partial charge in [0.05, 0.1) is 31.4 Å². The summed E-state index contributed by atoms with van der Waals surface area (Å²) in [4.78, 5) is 49.3. The predicted octanol–water partition coefficient (Wildman–Crippen LogP) is 4.91. The quantitative estimate of drug-likeness (QED) is 0.205. The Morgan fingerprint density at radius 1 is 1.04 bits per heavy atom. The molecule has 12 nitrogen and oxygen atoms in total. The minimum atomic E-state index is -0.543. The Morgan fingerprint density at radius 2 is 1.87 bits per heavy atom. The molecule has 47 heavy (non-hydrogen) atoms. The summed E-state index contributed by atoms with van der Waals surface area (Å²) in [7, 11) is 1.81. The number of hydrogen-bond donors (Lipinski definition) is 2. The van der Waals surface area contributed by atoms with E-state index >= 15 is 0 Å². The molecule has 0 saturated carbocycles. The number of rotatable bonds is 12. The molecule has 0 atom stereocenters. The van der Waals surface area contributed by atoms with Crippen LogP contribution in [0, 0.1) is 6.92 Å². The van der Waals surface area contributed by atoms with Gasteiger partial charge in [-0.1, -0.05) is 18.2 Å². The number of nitrogens with one attached hydrogen (secondary N) is 2. The number of alkyl carbamates (subject to hydrolysis) is 1. The number of anilines is 1. The number of carbonyl (C=O) groups excluding carboxylic acids is 3. The maximum Gasteiger partial charge on any atom is 0.407 e. The minimum absolute atomic E-state index is 0.0760. The van der Waals surface area contributed by atoms with Crippen LogP contribution in [0.25, 0.3) is 11.3 Å². The molecule has 4 aromatic rings. The molecule has 0 aliphatic carbocycles. The van der Waals surface area contributed by atoms with Crippen molar-refractivity contribution >= 4 is 34.9 Å². The van der Waals surface area contributed by atoms with Crippen LogP contribution in [0.5, 0.6) is 5.75 Å². The van der Waals surface area contributed by atoms with E-state index in [0.29, 0.717) is 55.9 Å². The summed E-state index contributed by atoms with van der Waals surface area (Å²) >= 11 is 1.35. The number of aromatic nitrogens is 3. The topological polar surface area (TPSA) is 137 Å². The van der Waals surface area contributed by atoms with Gasteiger partial charge in [0.25, 0.3) is 11.8 Å². The van der Waals surface area contributed by atoms with Crippen molar-refractivity contribution in [3.05, 3.63) is 81.7 Å². The molecule has 248 valence electrons. The van der Waals surface area contributed by atoms with E-state index in [0.717, 1.165) is 39.4 Å². The molecule has 0 unspecified atom stereocenters. The normalized spacial score (nSPS) is 12.5. The molecule has 0 spiro atoms. The SMILES string of the molecule is Cc1sc(C(=O)NCc2cccc(OCCOCCNC(=O)OC(C)(C)C)c2)nc1-c1ccc2c(c1)CCN2C(=O)c1cncn1C. The second-order valence-electron chi connectivity index (χ2n) is 12.1. The minimum Gasteiger partial charge on any atom is -0.491 e. The van der Waals surface area contributed by atoms with Crippen LogP contribution in [0.4, 0.5) is 10.5 Å². The Balaban J connectivity index is 1.09. The summed E-state index contributed by atoms with van der Waals surface area (Å²) in [5.41, 5.74) is 4.52. The highest BCUT2D eigenvalue weighted by molar-refractivity contribution is 7.14. The van der Waals surface area contributed by atoms with Crippen molar-refractivity contribution in [3.63, 3.8) is 0 Å². The fourth-order valence-electron chi connectivity index (χ4n) is 5.09. The van der Waals surface area contributed by atoms with Crippen molar-refractivity contribution in [2.24, 2.45) is 7.05 Å². The van der Waals surface area contributed by atoms with E-state index in [9.17, 15) is 14.4 Å². The van der Waals surface area contributed by atoms with Gasteiger partial charge in [-0.3, -0.25) is 9.59 Å². The number of fused-ring (bicyclic) bond motifs is 1. The standard InChI is InChI=1S/C34H40N6O6S/c1-22-29(25-9-10-27-24(18-25)11-13-40(27)32(42)28-20-35-21-39(28)5)38-31(47-22)30(41)37-19-23-7-6-8-26(17-23)45-16-15-44-14-12-36-33(43)46-34(2,3)4/h6-10,17-18,20-21H,11-16,19H2,1-5H3,(H,36,43)(H,37,41). The van der Waals surface area contributed by atoms with Gasteiger partial charge in [-0.2, -0.15) is 0 Å². The molecule has 2 aromatic heterocycles. The van der Waals surface area contributed by atoms with Gasteiger partial charge in [0, 0.05) is 42.8 Å².